The lowest BCUT2D eigenvalue weighted by molar-refractivity contribution is 0.126. The van der Waals surface area contributed by atoms with Crippen LogP contribution >= 0.6 is 0 Å². The molecule has 0 amide bonds. The highest BCUT2D eigenvalue weighted by Gasteiger charge is 2.17. The zero-order chi connectivity index (χ0) is 19.6. The van der Waals surface area contributed by atoms with Gasteiger partial charge in [0.1, 0.15) is 11.9 Å². The smallest absolute Gasteiger partial charge is 0.198 e. The SMILES string of the molecule is COc1cc2nccc(Oc3c(F)cc(N)cc3F)c2cc1O[C@@H](C)CO. The number of nitrogen functional groups attached to an aromatic ring is 1. The molecule has 1 aromatic heterocycles. The summed E-state index contributed by atoms with van der Waals surface area (Å²) in [5.41, 5.74) is 5.86. The van der Waals surface area contributed by atoms with Gasteiger partial charge in [0.15, 0.2) is 28.9 Å². The first-order valence-corrected chi connectivity index (χ1v) is 8.09. The summed E-state index contributed by atoms with van der Waals surface area (Å²) in [6.45, 7) is 1.49. The summed E-state index contributed by atoms with van der Waals surface area (Å²) >= 11 is 0. The molecule has 27 heavy (non-hydrogen) atoms. The molecule has 2 aromatic carbocycles. The average Bonchev–Trinajstić information content (AvgIpc) is 2.64. The molecule has 3 aromatic rings. The summed E-state index contributed by atoms with van der Waals surface area (Å²) in [7, 11) is 1.47. The maximum absolute atomic E-state index is 14.1. The maximum atomic E-state index is 14.1. The molecular formula is C19H18F2N2O4. The first kappa shape index (κ1) is 18.7. The molecule has 6 nitrogen and oxygen atoms in total. The van der Waals surface area contributed by atoms with Gasteiger partial charge in [-0.2, -0.15) is 0 Å². The van der Waals surface area contributed by atoms with Crippen LogP contribution in [0.1, 0.15) is 6.92 Å². The normalized spacial score (nSPS) is 12.0. The molecule has 0 spiro atoms. The molecule has 0 aliphatic carbocycles. The number of aliphatic hydroxyl groups is 1. The number of hydrogen-bond donors (Lipinski definition) is 2. The Balaban J connectivity index is 2.10. The van der Waals surface area contributed by atoms with E-state index >= 15 is 0 Å². The Hall–Kier alpha value is -3.13. The first-order chi connectivity index (χ1) is 12.9. The molecule has 142 valence electrons. The number of rotatable bonds is 6. The standard InChI is InChI=1S/C19H18F2N2O4/c1-10(9-24)26-18-7-12-15(8-17(18)25-2)23-4-3-16(12)27-19-13(20)5-11(22)6-14(19)21/h3-8,10,24H,9,22H2,1-2H3/t10-/m0/s1. The van der Waals surface area contributed by atoms with Gasteiger partial charge in [0.25, 0.3) is 0 Å². The van der Waals surface area contributed by atoms with Crippen molar-refractivity contribution in [1.29, 1.82) is 0 Å². The van der Waals surface area contributed by atoms with E-state index in [1.807, 2.05) is 0 Å². The van der Waals surface area contributed by atoms with Gasteiger partial charge in [0.2, 0.25) is 0 Å². The first-order valence-electron chi connectivity index (χ1n) is 8.09. The molecule has 8 heteroatoms. The minimum atomic E-state index is -0.920. The van der Waals surface area contributed by atoms with Gasteiger partial charge in [-0.1, -0.05) is 0 Å². The zero-order valence-corrected chi connectivity index (χ0v) is 14.7. The predicted molar refractivity (Wildman–Crippen MR) is 96.3 cm³/mol. The number of fused-ring (bicyclic) bond motifs is 1. The minimum absolute atomic E-state index is 0.0460. The van der Waals surface area contributed by atoms with Crippen LogP contribution in [0, 0.1) is 11.6 Å². The Bertz CT molecular complexity index is 958. The maximum Gasteiger partial charge on any atom is 0.198 e. The van der Waals surface area contributed by atoms with Crippen LogP contribution < -0.4 is 19.9 Å². The van der Waals surface area contributed by atoms with Gasteiger partial charge in [0, 0.05) is 35.5 Å². The highest BCUT2D eigenvalue weighted by atomic mass is 19.1. The van der Waals surface area contributed by atoms with Crippen molar-refractivity contribution in [3.63, 3.8) is 0 Å². The summed E-state index contributed by atoms with van der Waals surface area (Å²) in [5.74, 6) is -1.50. The van der Waals surface area contributed by atoms with Gasteiger partial charge < -0.3 is 25.1 Å². The molecule has 0 fully saturated rings. The number of hydrogen-bond acceptors (Lipinski definition) is 6. The van der Waals surface area contributed by atoms with Gasteiger partial charge in [-0.05, 0) is 19.1 Å². The van der Waals surface area contributed by atoms with E-state index in [2.05, 4.69) is 4.98 Å². The lowest BCUT2D eigenvalue weighted by atomic mass is 10.1. The third-order valence-corrected chi connectivity index (χ3v) is 3.80. The number of aromatic nitrogens is 1. The van der Waals surface area contributed by atoms with Crippen LogP contribution in [0.5, 0.6) is 23.0 Å². The molecule has 0 aliphatic rings. The van der Waals surface area contributed by atoms with Gasteiger partial charge in [-0.3, -0.25) is 4.98 Å². The van der Waals surface area contributed by atoms with Crippen LogP contribution in [0.4, 0.5) is 14.5 Å². The van der Waals surface area contributed by atoms with Crippen molar-refractivity contribution in [2.24, 2.45) is 0 Å². The van der Waals surface area contributed by atoms with Gasteiger partial charge >= 0.3 is 0 Å². The molecule has 1 atom stereocenters. The highest BCUT2D eigenvalue weighted by Crippen LogP contribution is 2.38. The van der Waals surface area contributed by atoms with Crippen molar-refractivity contribution in [3.8, 4) is 23.0 Å². The van der Waals surface area contributed by atoms with Gasteiger partial charge in [-0.15, -0.1) is 0 Å². The van der Waals surface area contributed by atoms with Crippen molar-refractivity contribution in [1.82, 2.24) is 4.98 Å². The Morgan fingerprint density at radius 3 is 2.44 bits per heavy atom. The molecule has 3 rings (SSSR count). The van der Waals surface area contributed by atoms with E-state index < -0.39 is 23.5 Å². The number of ether oxygens (including phenoxy) is 3. The number of anilines is 1. The van der Waals surface area contributed by atoms with Crippen LogP contribution in [0.25, 0.3) is 10.9 Å². The number of benzene rings is 2. The van der Waals surface area contributed by atoms with Crippen LogP contribution in [0.15, 0.2) is 36.5 Å². The number of pyridine rings is 1. The molecule has 0 saturated heterocycles. The zero-order valence-electron chi connectivity index (χ0n) is 14.7. The summed E-state index contributed by atoms with van der Waals surface area (Å²) in [6, 6.07) is 6.61. The molecule has 1 heterocycles. The third-order valence-electron chi connectivity index (χ3n) is 3.80. The summed E-state index contributed by atoms with van der Waals surface area (Å²) in [5, 5.41) is 9.66. The number of nitrogens with zero attached hydrogens (tertiary/aromatic N) is 1. The fourth-order valence-electron chi connectivity index (χ4n) is 2.51. The van der Waals surface area contributed by atoms with Gasteiger partial charge in [-0.25, -0.2) is 8.78 Å². The Labute approximate surface area is 154 Å². The van der Waals surface area contributed by atoms with E-state index in [-0.39, 0.29) is 18.0 Å². The van der Waals surface area contributed by atoms with Gasteiger partial charge in [0.05, 0.1) is 19.2 Å². The van der Waals surface area contributed by atoms with E-state index in [1.165, 1.54) is 19.4 Å². The van der Waals surface area contributed by atoms with Crippen molar-refractivity contribution in [3.05, 3.63) is 48.2 Å². The second-order valence-electron chi connectivity index (χ2n) is 5.86. The lowest BCUT2D eigenvalue weighted by Gasteiger charge is -2.17. The highest BCUT2D eigenvalue weighted by molar-refractivity contribution is 5.88. The second-order valence-corrected chi connectivity index (χ2v) is 5.86. The third kappa shape index (κ3) is 3.85. The van der Waals surface area contributed by atoms with Crippen molar-refractivity contribution >= 4 is 16.6 Å². The minimum Gasteiger partial charge on any atom is -0.493 e. The van der Waals surface area contributed by atoms with Crippen LogP contribution in [0.3, 0.4) is 0 Å². The largest absolute Gasteiger partial charge is 0.493 e. The van der Waals surface area contributed by atoms with Crippen molar-refractivity contribution in [2.45, 2.75) is 13.0 Å². The second kappa shape index (κ2) is 7.63. The van der Waals surface area contributed by atoms with E-state index in [1.54, 1.807) is 19.1 Å². The Kier molecular flexibility index (Phi) is 5.27. The van der Waals surface area contributed by atoms with Crippen LogP contribution in [-0.4, -0.2) is 29.9 Å². The monoisotopic (exact) mass is 376 g/mol. The summed E-state index contributed by atoms with van der Waals surface area (Å²) in [6.07, 6.45) is 0.963. The Morgan fingerprint density at radius 1 is 1.11 bits per heavy atom. The predicted octanol–water partition coefficient (Wildman–Crippen LogP) is 3.66. The summed E-state index contributed by atoms with van der Waals surface area (Å²) < 4.78 is 44.6. The van der Waals surface area contributed by atoms with E-state index in [0.717, 1.165) is 12.1 Å². The number of nitrogens with two attached hydrogens (primary N) is 1. The van der Waals surface area contributed by atoms with E-state index in [4.69, 9.17) is 19.9 Å². The number of methoxy groups -OCH3 is 1. The van der Waals surface area contributed by atoms with Crippen LogP contribution in [-0.2, 0) is 0 Å². The number of halogens is 2. The van der Waals surface area contributed by atoms with Crippen LogP contribution in [0.2, 0.25) is 0 Å². The molecule has 0 saturated carbocycles. The molecular weight excluding hydrogens is 358 g/mol. The number of aliphatic hydroxyl groups excluding tert-OH is 1. The molecule has 0 bridgehead atoms. The molecule has 0 radical (unpaired) electrons. The fourth-order valence-corrected chi connectivity index (χ4v) is 2.51. The average molecular weight is 376 g/mol. The topological polar surface area (TPSA) is 86.8 Å². The molecule has 0 unspecified atom stereocenters. The molecule has 0 aliphatic heterocycles. The quantitative estimate of drug-likeness (QED) is 0.639. The Morgan fingerprint density at radius 2 is 1.81 bits per heavy atom. The van der Waals surface area contributed by atoms with E-state index in [9.17, 15) is 13.9 Å². The lowest BCUT2D eigenvalue weighted by Crippen LogP contribution is -2.16. The van der Waals surface area contributed by atoms with Crippen molar-refractivity contribution < 1.29 is 28.1 Å². The summed E-state index contributed by atoms with van der Waals surface area (Å²) in [4.78, 5) is 4.22. The molecule has 3 N–H and O–H groups in total. The fraction of sp³-hybridized carbons (Fsp3) is 0.211. The van der Waals surface area contributed by atoms with E-state index in [0.29, 0.717) is 22.4 Å². The van der Waals surface area contributed by atoms with Crippen molar-refractivity contribution in [2.75, 3.05) is 19.5 Å².